The van der Waals surface area contributed by atoms with Crippen molar-refractivity contribution in [2.45, 2.75) is 29.5 Å². The molecule has 4 heterocycles. The van der Waals surface area contributed by atoms with Crippen LogP contribution in [0.3, 0.4) is 0 Å². The lowest BCUT2D eigenvalue weighted by Crippen LogP contribution is -2.41. The van der Waals surface area contributed by atoms with Crippen LogP contribution >= 0.6 is 0 Å². The van der Waals surface area contributed by atoms with Crippen molar-refractivity contribution in [3.63, 3.8) is 0 Å². The van der Waals surface area contributed by atoms with Gasteiger partial charge in [0, 0.05) is 37.3 Å². The molecule has 1 aromatic heterocycles. The van der Waals surface area contributed by atoms with E-state index in [0.717, 1.165) is 0 Å². The molecule has 0 saturated carbocycles. The monoisotopic (exact) mass is 490 g/mol. The van der Waals surface area contributed by atoms with Gasteiger partial charge in [-0.25, -0.2) is 13.2 Å². The molecule has 11 nitrogen and oxygen atoms in total. The van der Waals surface area contributed by atoms with Crippen LogP contribution in [-0.2, 0) is 20.3 Å². The molecule has 34 heavy (non-hydrogen) atoms. The maximum Gasteiger partial charge on any atom is 0.407 e. The van der Waals surface area contributed by atoms with E-state index in [1.54, 1.807) is 27.8 Å². The quantitative estimate of drug-likeness (QED) is 0.687. The Bertz CT molecular complexity index is 1250. The number of aromatic nitrogens is 2. The standard InChI is InChI=1S/C22H26N4O7S/c1-32-17-6-2-5-15-19-16(13-34(30,31)20(15)17)18(21(27)24-8-10-33-11-9-24)23-26(19)14-4-3-7-25(12-14)22(28)29/h2,5-6,14H,3-4,7-13H2,1H3,(H,28,29). The molecule has 1 N–H and O–H groups in total. The van der Waals surface area contributed by atoms with Crippen LogP contribution in [0.25, 0.3) is 11.3 Å². The lowest BCUT2D eigenvalue weighted by Gasteiger charge is -2.32. The second-order valence-electron chi connectivity index (χ2n) is 8.65. The fourth-order valence-electron chi connectivity index (χ4n) is 5.02. The molecule has 0 spiro atoms. The number of fused-ring (bicyclic) bond motifs is 3. The highest BCUT2D eigenvalue weighted by Crippen LogP contribution is 2.45. The first-order chi connectivity index (χ1) is 16.3. The van der Waals surface area contributed by atoms with Crippen LogP contribution in [0, 0.1) is 0 Å². The van der Waals surface area contributed by atoms with E-state index in [-0.39, 0.29) is 40.6 Å². The summed E-state index contributed by atoms with van der Waals surface area (Å²) in [5, 5.41) is 14.2. The van der Waals surface area contributed by atoms with E-state index in [1.807, 2.05) is 0 Å². The summed E-state index contributed by atoms with van der Waals surface area (Å²) < 4.78 is 39.1. The second-order valence-corrected chi connectivity index (χ2v) is 10.6. The number of likely N-dealkylation sites (tertiary alicyclic amines) is 1. The molecule has 5 rings (SSSR count). The Morgan fingerprint density at radius 2 is 1.94 bits per heavy atom. The minimum atomic E-state index is -3.80. The molecule has 1 atom stereocenters. The van der Waals surface area contributed by atoms with Crippen LogP contribution in [0.2, 0.25) is 0 Å². The predicted octanol–water partition coefficient (Wildman–Crippen LogP) is 1.63. The molecule has 1 aromatic carbocycles. The highest BCUT2D eigenvalue weighted by Gasteiger charge is 2.40. The number of carbonyl (C=O) groups is 2. The Hall–Kier alpha value is -3.12. The zero-order chi connectivity index (χ0) is 24.0. The van der Waals surface area contributed by atoms with E-state index in [9.17, 15) is 23.1 Å². The number of nitrogens with zero attached hydrogens (tertiary/aromatic N) is 4. The summed E-state index contributed by atoms with van der Waals surface area (Å²) in [5.74, 6) is -0.491. The van der Waals surface area contributed by atoms with Crippen LogP contribution in [0.1, 0.15) is 34.9 Å². The van der Waals surface area contributed by atoms with Crippen molar-refractivity contribution in [2.24, 2.45) is 0 Å². The van der Waals surface area contributed by atoms with Crippen LogP contribution in [0.4, 0.5) is 4.79 Å². The van der Waals surface area contributed by atoms with Crippen LogP contribution < -0.4 is 4.74 Å². The van der Waals surface area contributed by atoms with Gasteiger partial charge in [-0.15, -0.1) is 0 Å². The van der Waals surface area contributed by atoms with Gasteiger partial charge in [0.25, 0.3) is 5.91 Å². The molecule has 2 fully saturated rings. The molecule has 1 unspecified atom stereocenters. The summed E-state index contributed by atoms with van der Waals surface area (Å²) in [5.41, 5.74) is 1.41. The lowest BCUT2D eigenvalue weighted by atomic mass is 10.0. The number of piperidine rings is 1. The van der Waals surface area contributed by atoms with Gasteiger partial charge < -0.3 is 24.4 Å². The van der Waals surface area contributed by atoms with E-state index < -0.39 is 15.9 Å². The van der Waals surface area contributed by atoms with Crippen molar-refractivity contribution in [3.05, 3.63) is 29.5 Å². The van der Waals surface area contributed by atoms with Gasteiger partial charge in [-0.05, 0) is 18.9 Å². The van der Waals surface area contributed by atoms with Crippen molar-refractivity contribution in [1.29, 1.82) is 0 Å². The van der Waals surface area contributed by atoms with E-state index in [2.05, 4.69) is 5.10 Å². The van der Waals surface area contributed by atoms with Crippen molar-refractivity contribution in [3.8, 4) is 17.0 Å². The highest BCUT2D eigenvalue weighted by atomic mass is 32.2. The second kappa shape index (κ2) is 8.58. The average Bonchev–Trinajstić information content (AvgIpc) is 3.22. The number of hydrogen-bond donors (Lipinski definition) is 1. The Labute approximate surface area is 196 Å². The maximum absolute atomic E-state index is 13.5. The van der Waals surface area contributed by atoms with Gasteiger partial charge >= 0.3 is 6.09 Å². The third kappa shape index (κ3) is 3.70. The number of amides is 2. The lowest BCUT2D eigenvalue weighted by molar-refractivity contribution is 0.0297. The first-order valence-electron chi connectivity index (χ1n) is 11.2. The number of ether oxygens (including phenoxy) is 2. The number of carboxylic acid groups (broad SMARTS) is 1. The van der Waals surface area contributed by atoms with Crippen LogP contribution in [0.5, 0.6) is 5.75 Å². The molecule has 2 aromatic rings. The number of carbonyl (C=O) groups excluding carboxylic acids is 1. The third-order valence-corrected chi connectivity index (χ3v) is 8.33. The molecule has 0 bridgehead atoms. The molecule has 0 aliphatic carbocycles. The largest absolute Gasteiger partial charge is 0.495 e. The Morgan fingerprint density at radius 3 is 2.65 bits per heavy atom. The maximum atomic E-state index is 13.5. The van der Waals surface area contributed by atoms with Gasteiger partial charge in [0.2, 0.25) is 0 Å². The van der Waals surface area contributed by atoms with Crippen LogP contribution in [-0.4, -0.2) is 91.6 Å². The number of methoxy groups -OCH3 is 1. The van der Waals surface area contributed by atoms with E-state index in [1.165, 1.54) is 12.0 Å². The summed E-state index contributed by atoms with van der Waals surface area (Å²) in [6.07, 6.45) is 0.288. The SMILES string of the molecule is COc1cccc2c1S(=O)(=O)Cc1c(C(=O)N3CCOCC3)nn(C3CCCN(C(=O)O)C3)c1-2. The zero-order valence-electron chi connectivity index (χ0n) is 18.8. The molecule has 3 aliphatic heterocycles. The minimum Gasteiger partial charge on any atom is -0.495 e. The number of sulfone groups is 1. The van der Waals surface area contributed by atoms with Gasteiger partial charge in [0.05, 0.1) is 37.8 Å². The van der Waals surface area contributed by atoms with Crippen molar-refractivity contribution >= 4 is 21.8 Å². The molecule has 3 aliphatic rings. The van der Waals surface area contributed by atoms with Crippen molar-refractivity contribution in [2.75, 3.05) is 46.5 Å². The summed E-state index contributed by atoms with van der Waals surface area (Å²) >= 11 is 0. The Morgan fingerprint density at radius 1 is 1.18 bits per heavy atom. The Kier molecular flexibility index (Phi) is 5.72. The van der Waals surface area contributed by atoms with Crippen LogP contribution in [0.15, 0.2) is 23.1 Å². The van der Waals surface area contributed by atoms with Crippen molar-refractivity contribution < 1.29 is 32.6 Å². The fraction of sp³-hybridized carbons (Fsp3) is 0.500. The zero-order valence-corrected chi connectivity index (χ0v) is 19.6. The van der Waals surface area contributed by atoms with Crippen molar-refractivity contribution in [1.82, 2.24) is 19.6 Å². The first-order valence-corrected chi connectivity index (χ1v) is 12.8. The first kappa shape index (κ1) is 22.7. The van der Waals surface area contributed by atoms with Gasteiger partial charge in [0.15, 0.2) is 15.5 Å². The molecular weight excluding hydrogens is 464 g/mol. The van der Waals surface area contributed by atoms with Gasteiger partial charge in [-0.2, -0.15) is 5.10 Å². The summed E-state index contributed by atoms with van der Waals surface area (Å²) in [7, 11) is -2.39. The normalized spacial score (nSPS) is 21.5. The smallest absolute Gasteiger partial charge is 0.407 e. The van der Waals surface area contributed by atoms with E-state index in [4.69, 9.17) is 9.47 Å². The van der Waals surface area contributed by atoms with E-state index >= 15 is 0 Å². The molecule has 2 saturated heterocycles. The van der Waals surface area contributed by atoms with Gasteiger partial charge in [-0.3, -0.25) is 9.48 Å². The topological polar surface area (TPSA) is 131 Å². The summed E-state index contributed by atoms with van der Waals surface area (Å²) in [4.78, 5) is 28.1. The molecule has 2 amide bonds. The molecular formula is C22H26N4O7S. The predicted molar refractivity (Wildman–Crippen MR) is 120 cm³/mol. The summed E-state index contributed by atoms with van der Waals surface area (Å²) in [6.45, 7) is 2.24. The third-order valence-electron chi connectivity index (χ3n) is 6.62. The molecule has 0 radical (unpaired) electrons. The molecule has 182 valence electrons. The molecule has 12 heteroatoms. The average molecular weight is 491 g/mol. The summed E-state index contributed by atoms with van der Waals surface area (Å²) in [6, 6.07) is 4.65. The number of hydrogen-bond acceptors (Lipinski definition) is 7. The Balaban J connectivity index is 1.70. The number of morpholine rings is 1. The highest BCUT2D eigenvalue weighted by molar-refractivity contribution is 7.91. The number of rotatable bonds is 3. The minimum absolute atomic E-state index is 0.0717. The van der Waals surface area contributed by atoms with E-state index in [0.29, 0.717) is 62.5 Å². The fourth-order valence-corrected chi connectivity index (χ4v) is 6.77. The van der Waals surface area contributed by atoms with Gasteiger partial charge in [0.1, 0.15) is 10.6 Å². The number of benzene rings is 1. The van der Waals surface area contributed by atoms with Gasteiger partial charge in [-0.1, -0.05) is 12.1 Å².